The Bertz CT molecular complexity index is 961. The van der Waals surface area contributed by atoms with Crippen molar-refractivity contribution in [1.82, 2.24) is 19.9 Å². The maximum Gasteiger partial charge on any atom is 0.220 e. The van der Waals surface area contributed by atoms with E-state index in [4.69, 9.17) is 0 Å². The molecule has 0 radical (unpaired) electrons. The van der Waals surface area contributed by atoms with E-state index in [1.165, 1.54) is 5.56 Å². The van der Waals surface area contributed by atoms with Gasteiger partial charge < -0.3 is 5.32 Å². The molecule has 1 amide bonds. The zero-order valence-electron chi connectivity index (χ0n) is 15.5. The van der Waals surface area contributed by atoms with Gasteiger partial charge in [0.1, 0.15) is 0 Å². The van der Waals surface area contributed by atoms with Crippen LogP contribution in [0.25, 0.3) is 5.65 Å². The molecule has 0 spiro atoms. The number of carbonyl (C=O) groups excluding carboxylic acids is 1. The second kappa shape index (κ2) is 6.56. The molecule has 1 N–H and O–H groups in total. The fraction of sp³-hybridized carbons (Fsp3) is 0.381. The average Bonchev–Trinajstić information content (AvgIpc) is 3.27. The normalized spacial score (nSPS) is 18.9. The van der Waals surface area contributed by atoms with E-state index in [9.17, 15) is 4.79 Å². The number of aryl methyl sites for hydroxylation is 3. The van der Waals surface area contributed by atoms with E-state index in [0.29, 0.717) is 18.8 Å². The van der Waals surface area contributed by atoms with Crippen LogP contribution in [0.2, 0.25) is 0 Å². The molecular weight excluding hydrogens is 324 g/mol. The molecule has 1 saturated carbocycles. The molecule has 5 nitrogen and oxygen atoms in total. The molecule has 2 heterocycles. The maximum atomic E-state index is 12.4. The summed E-state index contributed by atoms with van der Waals surface area (Å²) in [5.74, 6) is 0.581. The van der Waals surface area contributed by atoms with Crippen molar-refractivity contribution in [3.05, 3.63) is 64.6 Å². The van der Waals surface area contributed by atoms with Crippen LogP contribution in [0.1, 0.15) is 47.0 Å². The first-order chi connectivity index (χ1) is 12.5. The molecule has 2 atom stereocenters. The molecule has 0 unspecified atom stereocenters. The number of hydrogen-bond donors (Lipinski definition) is 1. The number of aromatic nitrogens is 3. The molecule has 1 aromatic carbocycles. The third kappa shape index (κ3) is 3.21. The van der Waals surface area contributed by atoms with E-state index in [1.54, 1.807) is 0 Å². The Morgan fingerprint density at radius 1 is 1.23 bits per heavy atom. The van der Waals surface area contributed by atoms with Gasteiger partial charge in [0, 0.05) is 35.8 Å². The minimum absolute atomic E-state index is 0.115. The Morgan fingerprint density at radius 3 is 2.77 bits per heavy atom. The van der Waals surface area contributed by atoms with Crippen LogP contribution < -0.4 is 5.32 Å². The van der Waals surface area contributed by atoms with Crippen LogP contribution in [0.3, 0.4) is 0 Å². The Hall–Kier alpha value is -2.69. The van der Waals surface area contributed by atoms with Crippen LogP contribution in [-0.4, -0.2) is 26.5 Å². The lowest BCUT2D eigenvalue weighted by atomic mass is 10.1. The summed E-state index contributed by atoms with van der Waals surface area (Å²) in [7, 11) is 0. The Kier molecular flexibility index (Phi) is 4.23. The minimum Gasteiger partial charge on any atom is -0.353 e. The number of hydrogen-bond acceptors (Lipinski definition) is 3. The molecule has 5 heteroatoms. The number of nitrogens with one attached hydrogen (secondary N) is 1. The largest absolute Gasteiger partial charge is 0.353 e. The summed E-state index contributed by atoms with van der Waals surface area (Å²) in [5, 5.41) is 7.67. The Labute approximate surface area is 153 Å². The van der Waals surface area contributed by atoms with Crippen molar-refractivity contribution >= 4 is 11.6 Å². The first kappa shape index (κ1) is 16.8. The van der Waals surface area contributed by atoms with Gasteiger partial charge in [-0.15, -0.1) is 0 Å². The molecule has 0 aliphatic heterocycles. The number of amides is 1. The summed E-state index contributed by atoms with van der Waals surface area (Å²) >= 11 is 0. The highest BCUT2D eigenvalue weighted by Gasteiger charge is 2.39. The Morgan fingerprint density at radius 2 is 2.00 bits per heavy atom. The standard InChI is InChI=1S/C21H24N4O/c1-13-11-20-22-14(2)17(15(3)25(20)24-13)9-10-21(26)23-19-12-18(19)16-7-5-4-6-8-16/h4-8,11,18-19H,9-10,12H2,1-3H3,(H,23,26)/t18-,19-/m1/s1. The van der Waals surface area contributed by atoms with Crippen LogP contribution in [0.15, 0.2) is 36.4 Å². The van der Waals surface area contributed by atoms with E-state index in [1.807, 2.05) is 37.4 Å². The van der Waals surface area contributed by atoms with Gasteiger partial charge in [-0.05, 0) is 44.7 Å². The SMILES string of the molecule is Cc1cc2nc(C)c(CCC(=O)N[C@@H]3C[C@@H]3c3ccccc3)c(C)n2n1. The third-order valence-corrected chi connectivity index (χ3v) is 5.25. The molecule has 0 bridgehead atoms. The minimum atomic E-state index is 0.115. The molecule has 1 aliphatic rings. The summed E-state index contributed by atoms with van der Waals surface area (Å²) in [6.07, 6.45) is 2.20. The first-order valence-electron chi connectivity index (χ1n) is 9.19. The van der Waals surface area contributed by atoms with Crippen LogP contribution >= 0.6 is 0 Å². The molecular formula is C21H24N4O. The molecule has 2 aromatic heterocycles. The van der Waals surface area contributed by atoms with Crippen molar-refractivity contribution in [1.29, 1.82) is 0 Å². The highest BCUT2D eigenvalue weighted by Crippen LogP contribution is 2.40. The van der Waals surface area contributed by atoms with E-state index in [2.05, 4.69) is 39.7 Å². The van der Waals surface area contributed by atoms with Crippen LogP contribution in [0.4, 0.5) is 0 Å². The van der Waals surface area contributed by atoms with E-state index < -0.39 is 0 Å². The Balaban J connectivity index is 1.39. The summed E-state index contributed by atoms with van der Waals surface area (Å²) < 4.78 is 1.88. The zero-order chi connectivity index (χ0) is 18.3. The van der Waals surface area contributed by atoms with Gasteiger partial charge in [-0.25, -0.2) is 9.50 Å². The topological polar surface area (TPSA) is 59.3 Å². The smallest absolute Gasteiger partial charge is 0.220 e. The predicted octanol–water partition coefficient (Wildman–Crippen LogP) is 3.26. The number of nitrogens with zero attached hydrogens (tertiary/aromatic N) is 3. The van der Waals surface area contributed by atoms with Crippen molar-refractivity contribution < 1.29 is 4.79 Å². The van der Waals surface area contributed by atoms with Crippen LogP contribution in [-0.2, 0) is 11.2 Å². The maximum absolute atomic E-state index is 12.4. The van der Waals surface area contributed by atoms with Gasteiger partial charge in [0.15, 0.2) is 5.65 Å². The lowest BCUT2D eigenvalue weighted by Gasteiger charge is -2.11. The van der Waals surface area contributed by atoms with Crippen LogP contribution in [0.5, 0.6) is 0 Å². The number of benzene rings is 1. The van der Waals surface area contributed by atoms with E-state index in [0.717, 1.165) is 34.7 Å². The van der Waals surface area contributed by atoms with Crippen LogP contribution in [0, 0.1) is 20.8 Å². The lowest BCUT2D eigenvalue weighted by molar-refractivity contribution is -0.121. The second-order valence-electron chi connectivity index (χ2n) is 7.24. The highest BCUT2D eigenvalue weighted by molar-refractivity contribution is 5.77. The summed E-state index contributed by atoms with van der Waals surface area (Å²) in [6, 6.07) is 12.7. The molecule has 3 aromatic rings. The van der Waals surface area contributed by atoms with E-state index >= 15 is 0 Å². The molecule has 134 valence electrons. The van der Waals surface area contributed by atoms with Gasteiger partial charge in [-0.3, -0.25) is 4.79 Å². The van der Waals surface area contributed by atoms with Crippen molar-refractivity contribution in [3.8, 4) is 0 Å². The average molecular weight is 348 g/mol. The van der Waals surface area contributed by atoms with Gasteiger partial charge in [0.25, 0.3) is 0 Å². The quantitative estimate of drug-likeness (QED) is 0.770. The summed E-state index contributed by atoms with van der Waals surface area (Å²) in [6.45, 7) is 6.03. The van der Waals surface area contributed by atoms with Gasteiger partial charge in [-0.1, -0.05) is 30.3 Å². The van der Waals surface area contributed by atoms with Crippen molar-refractivity contribution in [2.45, 2.75) is 52.0 Å². The van der Waals surface area contributed by atoms with Gasteiger partial charge >= 0.3 is 0 Å². The number of carbonyl (C=O) groups is 1. The third-order valence-electron chi connectivity index (χ3n) is 5.25. The number of fused-ring (bicyclic) bond motifs is 1. The first-order valence-corrected chi connectivity index (χ1v) is 9.19. The van der Waals surface area contributed by atoms with Crippen molar-refractivity contribution in [2.75, 3.05) is 0 Å². The molecule has 0 saturated heterocycles. The summed E-state index contributed by atoms with van der Waals surface area (Å²) in [4.78, 5) is 17.0. The van der Waals surface area contributed by atoms with Gasteiger partial charge in [0.05, 0.1) is 5.69 Å². The van der Waals surface area contributed by atoms with E-state index in [-0.39, 0.29) is 11.9 Å². The second-order valence-corrected chi connectivity index (χ2v) is 7.24. The highest BCUT2D eigenvalue weighted by atomic mass is 16.1. The van der Waals surface area contributed by atoms with Crippen molar-refractivity contribution in [2.24, 2.45) is 0 Å². The van der Waals surface area contributed by atoms with Crippen molar-refractivity contribution in [3.63, 3.8) is 0 Å². The summed E-state index contributed by atoms with van der Waals surface area (Å²) in [5.41, 5.74) is 6.31. The fourth-order valence-electron chi connectivity index (χ4n) is 3.74. The molecule has 1 fully saturated rings. The van der Waals surface area contributed by atoms with Gasteiger partial charge in [-0.2, -0.15) is 5.10 Å². The fourth-order valence-corrected chi connectivity index (χ4v) is 3.74. The zero-order valence-corrected chi connectivity index (χ0v) is 15.5. The molecule has 26 heavy (non-hydrogen) atoms. The predicted molar refractivity (Wildman–Crippen MR) is 101 cm³/mol. The number of rotatable bonds is 5. The molecule has 4 rings (SSSR count). The molecule has 1 aliphatic carbocycles. The lowest BCUT2D eigenvalue weighted by Crippen LogP contribution is -2.27. The monoisotopic (exact) mass is 348 g/mol. The van der Waals surface area contributed by atoms with Gasteiger partial charge in [0.2, 0.25) is 5.91 Å².